The van der Waals surface area contributed by atoms with Gasteiger partial charge in [0.15, 0.2) is 0 Å². The Bertz CT molecular complexity index is 697. The minimum atomic E-state index is -0.971. The summed E-state index contributed by atoms with van der Waals surface area (Å²) >= 11 is 0. The van der Waals surface area contributed by atoms with Gasteiger partial charge in [-0.05, 0) is 12.1 Å². The van der Waals surface area contributed by atoms with E-state index in [0.29, 0.717) is 0 Å². The van der Waals surface area contributed by atoms with E-state index in [1.165, 1.54) is 6.07 Å². The quantitative estimate of drug-likeness (QED) is 0.329. The highest BCUT2D eigenvalue weighted by atomic mass is 16.6. The first-order chi connectivity index (χ1) is 10.8. The number of carbonyl (C=O) groups is 3. The molecule has 0 aliphatic heterocycles. The van der Waals surface area contributed by atoms with Crippen molar-refractivity contribution in [3.63, 3.8) is 0 Å². The molecule has 0 unspecified atom stereocenters. The Morgan fingerprint density at radius 2 is 1.91 bits per heavy atom. The van der Waals surface area contributed by atoms with Gasteiger partial charge in [-0.1, -0.05) is 0 Å². The third-order valence-electron chi connectivity index (χ3n) is 2.61. The molecule has 0 saturated heterocycles. The Balaban J connectivity index is 3.24. The lowest BCUT2D eigenvalue weighted by molar-refractivity contribution is -0.385. The maximum Gasteiger partial charge on any atom is 0.354 e. The number of nitro groups is 1. The SMILES string of the molecule is COC(=O)/C=C(/Nc1ccc(C(N)=O)c([N+](=O)[O-])c1)C(=O)OC. The van der Waals surface area contributed by atoms with E-state index in [1.54, 1.807) is 0 Å². The second-order valence-electron chi connectivity index (χ2n) is 4.05. The highest BCUT2D eigenvalue weighted by molar-refractivity contribution is 6.00. The molecule has 0 fully saturated rings. The molecule has 1 rings (SSSR count). The maximum absolute atomic E-state index is 11.6. The number of nitro benzene ring substituents is 1. The first-order valence-electron chi connectivity index (χ1n) is 6.03. The minimum Gasteiger partial charge on any atom is -0.466 e. The summed E-state index contributed by atoms with van der Waals surface area (Å²) in [6, 6.07) is 3.39. The van der Waals surface area contributed by atoms with Crippen LogP contribution in [0.3, 0.4) is 0 Å². The molecule has 0 bridgehead atoms. The maximum atomic E-state index is 11.6. The number of benzene rings is 1. The molecular formula is C13H13N3O7. The van der Waals surface area contributed by atoms with E-state index in [1.807, 2.05) is 0 Å². The van der Waals surface area contributed by atoms with Gasteiger partial charge in [-0.3, -0.25) is 14.9 Å². The number of esters is 2. The number of carbonyl (C=O) groups excluding carboxylic acids is 3. The van der Waals surface area contributed by atoms with Crippen LogP contribution in [0.2, 0.25) is 0 Å². The fourth-order valence-corrected chi connectivity index (χ4v) is 1.56. The Labute approximate surface area is 130 Å². The summed E-state index contributed by atoms with van der Waals surface area (Å²) in [4.78, 5) is 44.1. The molecule has 0 aromatic heterocycles. The summed E-state index contributed by atoms with van der Waals surface area (Å²) in [5, 5.41) is 13.5. The number of ether oxygens (including phenoxy) is 2. The second-order valence-corrected chi connectivity index (χ2v) is 4.05. The van der Waals surface area contributed by atoms with Crippen molar-refractivity contribution >= 4 is 29.2 Å². The Morgan fingerprint density at radius 3 is 2.39 bits per heavy atom. The second kappa shape index (κ2) is 7.54. The molecule has 10 heteroatoms. The van der Waals surface area contributed by atoms with E-state index >= 15 is 0 Å². The lowest BCUT2D eigenvalue weighted by atomic mass is 10.1. The topological polar surface area (TPSA) is 151 Å². The van der Waals surface area contributed by atoms with Crippen LogP contribution in [0.25, 0.3) is 0 Å². The zero-order valence-electron chi connectivity index (χ0n) is 12.2. The van der Waals surface area contributed by atoms with Crippen LogP contribution in [0.15, 0.2) is 30.0 Å². The zero-order valence-corrected chi connectivity index (χ0v) is 12.2. The molecule has 10 nitrogen and oxygen atoms in total. The van der Waals surface area contributed by atoms with Crippen molar-refractivity contribution in [3.05, 3.63) is 45.6 Å². The first kappa shape index (κ1) is 17.6. The largest absolute Gasteiger partial charge is 0.466 e. The molecule has 23 heavy (non-hydrogen) atoms. The average Bonchev–Trinajstić information content (AvgIpc) is 2.52. The summed E-state index contributed by atoms with van der Waals surface area (Å²) in [7, 11) is 2.20. The van der Waals surface area contributed by atoms with Crippen LogP contribution in [0.5, 0.6) is 0 Å². The summed E-state index contributed by atoms with van der Waals surface area (Å²) in [5.41, 5.74) is 3.97. The average molecular weight is 323 g/mol. The van der Waals surface area contributed by atoms with Gasteiger partial charge in [-0.25, -0.2) is 9.59 Å². The summed E-state index contributed by atoms with van der Waals surface area (Å²) in [6.07, 6.45) is 0.819. The van der Waals surface area contributed by atoms with Crippen LogP contribution < -0.4 is 11.1 Å². The minimum absolute atomic E-state index is 0.0715. The Kier molecular flexibility index (Phi) is 5.78. The number of hydrogen-bond donors (Lipinski definition) is 2. The van der Waals surface area contributed by atoms with Gasteiger partial charge in [-0.2, -0.15) is 0 Å². The van der Waals surface area contributed by atoms with Crippen molar-refractivity contribution in [3.8, 4) is 0 Å². The van der Waals surface area contributed by atoms with E-state index in [2.05, 4.69) is 14.8 Å². The number of rotatable bonds is 6. The van der Waals surface area contributed by atoms with Crippen molar-refractivity contribution < 1.29 is 28.8 Å². The molecule has 0 saturated carbocycles. The highest BCUT2D eigenvalue weighted by Gasteiger charge is 2.20. The molecule has 1 amide bonds. The van der Waals surface area contributed by atoms with Crippen molar-refractivity contribution in [2.24, 2.45) is 5.73 Å². The lowest BCUT2D eigenvalue weighted by Gasteiger charge is -2.09. The molecule has 0 radical (unpaired) electrons. The molecule has 0 heterocycles. The van der Waals surface area contributed by atoms with Gasteiger partial charge in [-0.15, -0.1) is 0 Å². The van der Waals surface area contributed by atoms with Gasteiger partial charge in [0.25, 0.3) is 11.6 Å². The standard InChI is InChI=1S/C13H13N3O7/c1-22-11(17)6-9(13(19)23-2)15-7-3-4-8(12(14)18)10(5-7)16(20)21/h3-6,15H,1-2H3,(H2,14,18)/b9-6+. The summed E-state index contributed by atoms with van der Waals surface area (Å²) in [5.74, 6) is -2.69. The normalized spacial score (nSPS) is 10.6. The number of hydrogen-bond acceptors (Lipinski definition) is 8. The number of amides is 1. The number of methoxy groups -OCH3 is 2. The third kappa shape index (κ3) is 4.52. The summed E-state index contributed by atoms with van der Waals surface area (Å²) in [6.45, 7) is 0. The smallest absolute Gasteiger partial charge is 0.354 e. The lowest BCUT2D eigenvalue weighted by Crippen LogP contribution is -2.16. The van der Waals surface area contributed by atoms with Gasteiger partial charge >= 0.3 is 11.9 Å². The van der Waals surface area contributed by atoms with Gasteiger partial charge in [0.1, 0.15) is 11.3 Å². The van der Waals surface area contributed by atoms with Crippen LogP contribution in [0, 0.1) is 10.1 Å². The van der Waals surface area contributed by atoms with Gasteiger partial charge in [0.05, 0.1) is 25.2 Å². The number of nitrogens with one attached hydrogen (secondary N) is 1. The van der Waals surface area contributed by atoms with E-state index in [-0.39, 0.29) is 16.9 Å². The zero-order chi connectivity index (χ0) is 17.6. The van der Waals surface area contributed by atoms with Gasteiger partial charge in [0, 0.05) is 11.8 Å². The fourth-order valence-electron chi connectivity index (χ4n) is 1.56. The van der Waals surface area contributed by atoms with Crippen molar-refractivity contribution in [1.29, 1.82) is 0 Å². The number of nitrogens with two attached hydrogens (primary N) is 1. The molecule has 0 aliphatic rings. The molecule has 0 atom stereocenters. The monoisotopic (exact) mass is 323 g/mol. The van der Waals surface area contributed by atoms with E-state index < -0.39 is 28.5 Å². The van der Waals surface area contributed by atoms with Crippen molar-refractivity contribution in [1.82, 2.24) is 0 Å². The molecule has 0 spiro atoms. The predicted molar refractivity (Wildman–Crippen MR) is 77.4 cm³/mol. The number of primary amides is 1. The highest BCUT2D eigenvalue weighted by Crippen LogP contribution is 2.24. The molecule has 0 aliphatic carbocycles. The van der Waals surface area contributed by atoms with E-state index in [0.717, 1.165) is 32.4 Å². The van der Waals surface area contributed by atoms with Crippen LogP contribution in [0.4, 0.5) is 11.4 Å². The van der Waals surface area contributed by atoms with E-state index in [9.17, 15) is 24.5 Å². The third-order valence-corrected chi connectivity index (χ3v) is 2.61. The molecule has 1 aromatic rings. The van der Waals surface area contributed by atoms with Gasteiger partial charge < -0.3 is 20.5 Å². The molecular weight excluding hydrogens is 310 g/mol. The molecule has 3 N–H and O–H groups in total. The Hall–Kier alpha value is -3.43. The number of anilines is 1. The van der Waals surface area contributed by atoms with Crippen LogP contribution in [0.1, 0.15) is 10.4 Å². The van der Waals surface area contributed by atoms with Crippen LogP contribution in [-0.4, -0.2) is 37.0 Å². The first-order valence-corrected chi connectivity index (χ1v) is 6.03. The fraction of sp³-hybridized carbons (Fsp3) is 0.154. The predicted octanol–water partition coefficient (Wildman–Crippen LogP) is 0.335. The number of nitrogens with zero attached hydrogens (tertiary/aromatic N) is 1. The Morgan fingerprint density at radius 1 is 1.26 bits per heavy atom. The molecule has 122 valence electrons. The van der Waals surface area contributed by atoms with Gasteiger partial charge in [0.2, 0.25) is 0 Å². The molecule has 1 aromatic carbocycles. The van der Waals surface area contributed by atoms with Crippen molar-refractivity contribution in [2.45, 2.75) is 0 Å². The van der Waals surface area contributed by atoms with E-state index in [4.69, 9.17) is 5.73 Å². The van der Waals surface area contributed by atoms with Crippen molar-refractivity contribution in [2.75, 3.05) is 19.5 Å². The summed E-state index contributed by atoms with van der Waals surface area (Å²) < 4.78 is 8.88. The van der Waals surface area contributed by atoms with Crippen LogP contribution >= 0.6 is 0 Å². The van der Waals surface area contributed by atoms with Crippen LogP contribution in [-0.2, 0) is 19.1 Å².